The van der Waals surface area contributed by atoms with Crippen molar-refractivity contribution >= 4 is 31.9 Å². The molecule has 0 aliphatic heterocycles. The Morgan fingerprint density at radius 2 is 1.80 bits per heavy atom. The molecule has 0 bridgehead atoms. The SMILES string of the molecule is Cc1ccccc1-c1nccc(Br)c1Br. The molecule has 0 amide bonds. The van der Waals surface area contributed by atoms with E-state index in [4.69, 9.17) is 0 Å². The number of hydrogen-bond donors (Lipinski definition) is 0. The second-order valence-corrected chi connectivity index (χ2v) is 4.92. The average Bonchev–Trinajstić information content (AvgIpc) is 2.23. The predicted molar refractivity (Wildman–Crippen MR) is 69.8 cm³/mol. The second-order valence-electron chi connectivity index (χ2n) is 3.27. The third kappa shape index (κ3) is 2.13. The summed E-state index contributed by atoms with van der Waals surface area (Å²) < 4.78 is 2.02. The lowest BCUT2D eigenvalue weighted by molar-refractivity contribution is 1.28. The highest BCUT2D eigenvalue weighted by Gasteiger charge is 2.08. The summed E-state index contributed by atoms with van der Waals surface area (Å²) in [6.45, 7) is 2.09. The standard InChI is InChI=1S/C12H9Br2N/c1-8-4-2-3-5-9(8)12-11(14)10(13)6-7-15-12/h2-7H,1H3. The number of hydrogen-bond acceptors (Lipinski definition) is 1. The summed E-state index contributed by atoms with van der Waals surface area (Å²) in [6, 6.07) is 10.1. The van der Waals surface area contributed by atoms with Gasteiger partial charge in [-0.2, -0.15) is 0 Å². The molecule has 0 radical (unpaired) electrons. The summed E-state index contributed by atoms with van der Waals surface area (Å²) in [5.74, 6) is 0. The van der Waals surface area contributed by atoms with Crippen LogP contribution in [0.1, 0.15) is 5.56 Å². The molecular formula is C12H9Br2N. The number of nitrogens with zero attached hydrogens (tertiary/aromatic N) is 1. The zero-order valence-electron chi connectivity index (χ0n) is 8.17. The largest absolute Gasteiger partial charge is 0.255 e. The predicted octanol–water partition coefficient (Wildman–Crippen LogP) is 4.58. The van der Waals surface area contributed by atoms with Crippen molar-refractivity contribution in [1.29, 1.82) is 0 Å². The molecule has 0 fully saturated rings. The summed E-state index contributed by atoms with van der Waals surface area (Å²) in [7, 11) is 0. The van der Waals surface area contributed by atoms with Gasteiger partial charge in [-0.1, -0.05) is 24.3 Å². The van der Waals surface area contributed by atoms with E-state index < -0.39 is 0 Å². The molecule has 0 aliphatic carbocycles. The van der Waals surface area contributed by atoms with Crippen LogP contribution in [0.3, 0.4) is 0 Å². The molecule has 0 spiro atoms. The first-order valence-electron chi connectivity index (χ1n) is 4.56. The fraction of sp³-hybridized carbons (Fsp3) is 0.0833. The van der Waals surface area contributed by atoms with Crippen molar-refractivity contribution in [1.82, 2.24) is 4.98 Å². The molecule has 3 heteroatoms. The van der Waals surface area contributed by atoms with E-state index >= 15 is 0 Å². The summed E-state index contributed by atoms with van der Waals surface area (Å²) in [5, 5.41) is 0. The van der Waals surface area contributed by atoms with E-state index in [0.29, 0.717) is 0 Å². The molecule has 1 aromatic carbocycles. The van der Waals surface area contributed by atoms with E-state index in [-0.39, 0.29) is 0 Å². The summed E-state index contributed by atoms with van der Waals surface area (Å²) in [4.78, 5) is 4.39. The van der Waals surface area contributed by atoms with E-state index in [1.165, 1.54) is 5.56 Å². The van der Waals surface area contributed by atoms with Gasteiger partial charge in [-0.15, -0.1) is 0 Å². The lowest BCUT2D eigenvalue weighted by atomic mass is 10.1. The lowest BCUT2D eigenvalue weighted by Crippen LogP contribution is -1.88. The number of pyridine rings is 1. The molecule has 2 rings (SSSR count). The van der Waals surface area contributed by atoms with Crippen LogP contribution in [0.4, 0.5) is 0 Å². The molecule has 0 saturated heterocycles. The number of benzene rings is 1. The molecular weight excluding hydrogens is 318 g/mol. The van der Waals surface area contributed by atoms with Crippen molar-refractivity contribution in [3.05, 3.63) is 51.0 Å². The van der Waals surface area contributed by atoms with Crippen LogP contribution >= 0.6 is 31.9 Å². The minimum atomic E-state index is 0.975. The number of aromatic nitrogens is 1. The molecule has 0 aliphatic rings. The third-order valence-electron chi connectivity index (χ3n) is 2.24. The van der Waals surface area contributed by atoms with Crippen LogP contribution < -0.4 is 0 Å². The molecule has 1 nitrogen and oxygen atoms in total. The fourth-order valence-electron chi connectivity index (χ4n) is 1.45. The number of rotatable bonds is 1. The van der Waals surface area contributed by atoms with Crippen LogP contribution in [0.2, 0.25) is 0 Å². The molecule has 0 saturated carbocycles. The highest BCUT2D eigenvalue weighted by Crippen LogP contribution is 2.33. The molecule has 15 heavy (non-hydrogen) atoms. The Kier molecular flexibility index (Phi) is 3.22. The molecule has 76 valence electrons. The smallest absolute Gasteiger partial charge is 0.0858 e. The Bertz CT molecular complexity index is 495. The van der Waals surface area contributed by atoms with Gasteiger partial charge in [0, 0.05) is 16.2 Å². The maximum absolute atomic E-state index is 4.39. The van der Waals surface area contributed by atoms with Crippen molar-refractivity contribution in [2.24, 2.45) is 0 Å². The van der Waals surface area contributed by atoms with Crippen molar-refractivity contribution in [2.75, 3.05) is 0 Å². The average molecular weight is 327 g/mol. The van der Waals surface area contributed by atoms with Crippen molar-refractivity contribution < 1.29 is 0 Å². The van der Waals surface area contributed by atoms with E-state index in [9.17, 15) is 0 Å². The molecule has 1 aromatic heterocycles. The van der Waals surface area contributed by atoms with E-state index in [1.54, 1.807) is 6.20 Å². The Labute approximate surface area is 106 Å². The van der Waals surface area contributed by atoms with Gasteiger partial charge in [0.1, 0.15) is 0 Å². The Hall–Kier alpha value is -0.670. The summed E-state index contributed by atoms with van der Waals surface area (Å²) in [6.07, 6.45) is 1.80. The van der Waals surface area contributed by atoms with Crippen molar-refractivity contribution in [3.8, 4) is 11.3 Å². The topological polar surface area (TPSA) is 12.9 Å². The third-order valence-corrected chi connectivity index (χ3v) is 4.24. The van der Waals surface area contributed by atoms with Gasteiger partial charge in [-0.25, -0.2) is 0 Å². The minimum Gasteiger partial charge on any atom is -0.255 e. The highest BCUT2D eigenvalue weighted by atomic mass is 79.9. The molecule has 2 aromatic rings. The normalized spacial score (nSPS) is 10.3. The zero-order valence-corrected chi connectivity index (χ0v) is 11.3. The van der Waals surface area contributed by atoms with Gasteiger partial charge >= 0.3 is 0 Å². The summed E-state index contributed by atoms with van der Waals surface area (Å²) >= 11 is 7.02. The first kappa shape index (κ1) is 10.8. The van der Waals surface area contributed by atoms with Crippen LogP contribution in [0.25, 0.3) is 11.3 Å². The second kappa shape index (κ2) is 4.45. The quantitative estimate of drug-likeness (QED) is 0.747. The van der Waals surface area contributed by atoms with Gasteiger partial charge < -0.3 is 0 Å². The number of halogens is 2. The molecule has 0 N–H and O–H groups in total. The maximum atomic E-state index is 4.39. The van der Waals surface area contributed by atoms with Gasteiger partial charge in [0.05, 0.1) is 10.2 Å². The van der Waals surface area contributed by atoms with Crippen molar-refractivity contribution in [2.45, 2.75) is 6.92 Å². The first-order valence-corrected chi connectivity index (χ1v) is 6.15. The zero-order chi connectivity index (χ0) is 10.8. The van der Waals surface area contributed by atoms with Gasteiger partial charge in [0.25, 0.3) is 0 Å². The van der Waals surface area contributed by atoms with Crippen LogP contribution in [-0.4, -0.2) is 4.98 Å². The Morgan fingerprint density at radius 3 is 2.53 bits per heavy atom. The first-order chi connectivity index (χ1) is 7.20. The fourth-order valence-corrected chi connectivity index (χ4v) is 2.20. The van der Waals surface area contributed by atoms with Crippen LogP contribution in [0, 0.1) is 6.92 Å². The highest BCUT2D eigenvalue weighted by molar-refractivity contribution is 9.13. The van der Waals surface area contributed by atoms with Gasteiger partial charge in [-0.3, -0.25) is 4.98 Å². The van der Waals surface area contributed by atoms with E-state index in [2.05, 4.69) is 55.9 Å². The monoisotopic (exact) mass is 325 g/mol. The number of aryl methyl sites for hydroxylation is 1. The minimum absolute atomic E-state index is 0.975. The Morgan fingerprint density at radius 1 is 1.07 bits per heavy atom. The van der Waals surface area contributed by atoms with Crippen molar-refractivity contribution in [3.63, 3.8) is 0 Å². The van der Waals surface area contributed by atoms with E-state index in [0.717, 1.165) is 20.2 Å². The van der Waals surface area contributed by atoms with Crippen LogP contribution in [-0.2, 0) is 0 Å². The molecule has 0 unspecified atom stereocenters. The lowest BCUT2D eigenvalue weighted by Gasteiger charge is -2.07. The van der Waals surface area contributed by atoms with Gasteiger partial charge in [0.2, 0.25) is 0 Å². The van der Waals surface area contributed by atoms with Crippen LogP contribution in [0.15, 0.2) is 45.5 Å². The Balaban J connectivity index is 2.65. The van der Waals surface area contributed by atoms with E-state index in [1.807, 2.05) is 18.2 Å². The molecule has 0 atom stereocenters. The maximum Gasteiger partial charge on any atom is 0.0858 e. The van der Waals surface area contributed by atoms with Gasteiger partial charge in [0.15, 0.2) is 0 Å². The van der Waals surface area contributed by atoms with Gasteiger partial charge in [-0.05, 0) is 50.4 Å². The summed E-state index contributed by atoms with van der Waals surface area (Å²) in [5.41, 5.74) is 3.36. The van der Waals surface area contributed by atoms with Crippen LogP contribution in [0.5, 0.6) is 0 Å². The molecule has 1 heterocycles.